The number of unbranched alkanes of at least 4 members (excludes halogenated alkanes) is 12. The van der Waals surface area contributed by atoms with Gasteiger partial charge in [-0.05, 0) is 44.4 Å². The summed E-state index contributed by atoms with van der Waals surface area (Å²) in [5.41, 5.74) is 0. The molecule has 1 atom stereocenters. The highest BCUT2D eigenvalue weighted by Crippen LogP contribution is 2.25. The second-order valence-corrected chi connectivity index (χ2v) is 9.31. The molecule has 154 valence electrons. The highest BCUT2D eigenvalue weighted by atomic mass is 127. The molecule has 26 heavy (non-hydrogen) atoms. The summed E-state index contributed by atoms with van der Waals surface area (Å²) in [5.74, 6) is 3.12. The van der Waals surface area contributed by atoms with Crippen LogP contribution in [0.3, 0.4) is 0 Å². The van der Waals surface area contributed by atoms with Crippen molar-refractivity contribution in [2.45, 2.75) is 121 Å². The van der Waals surface area contributed by atoms with Crippen LogP contribution in [0.5, 0.6) is 0 Å². The molecule has 0 aliphatic rings. The van der Waals surface area contributed by atoms with Gasteiger partial charge in [0.1, 0.15) is 0 Å². The minimum atomic E-state index is 0.344. The summed E-state index contributed by atoms with van der Waals surface area (Å²) >= 11 is 2.56. The van der Waals surface area contributed by atoms with E-state index in [1.54, 1.807) is 0 Å². The van der Waals surface area contributed by atoms with Crippen LogP contribution in [0.4, 0.5) is 0 Å². The topological polar surface area (TPSA) is 0 Å². The molecule has 0 fully saturated rings. The maximum absolute atomic E-state index is 5.94. The molecule has 0 amide bonds. The number of alkyl halides is 1. The fourth-order valence-corrected chi connectivity index (χ4v) is 4.76. The first kappa shape index (κ1) is 26.2. The number of quaternary nitrogens is 1. The van der Waals surface area contributed by atoms with Crippen molar-refractivity contribution in [1.29, 1.82) is 0 Å². The predicted molar refractivity (Wildman–Crippen MR) is 128 cm³/mol. The highest BCUT2D eigenvalue weighted by molar-refractivity contribution is 14.1. The van der Waals surface area contributed by atoms with E-state index in [1.807, 2.05) is 0 Å². The lowest BCUT2D eigenvalue weighted by Crippen LogP contribution is -2.54. The number of terminal acetylenes is 1. The van der Waals surface area contributed by atoms with Gasteiger partial charge in [-0.1, -0.05) is 78.6 Å². The maximum atomic E-state index is 5.94. The first-order valence-corrected chi connectivity index (χ1v) is 12.9. The first-order valence-electron chi connectivity index (χ1n) is 11.6. The molecule has 0 aromatic heterocycles. The van der Waals surface area contributed by atoms with Crippen LogP contribution < -0.4 is 0 Å². The zero-order chi connectivity index (χ0) is 19.5. The summed E-state index contributed by atoms with van der Waals surface area (Å²) in [4.78, 5) is 0. The molecule has 0 heterocycles. The Hall–Kier alpha value is 0.250. The van der Waals surface area contributed by atoms with Gasteiger partial charge in [0.2, 0.25) is 4.05 Å². The SMILES string of the molecule is C#CC(I)[N+](CCCCCCC)(CCCCCCC)CCCCCCC. The normalized spacial score (nSPS) is 12.9. The van der Waals surface area contributed by atoms with Gasteiger partial charge < -0.3 is 4.48 Å². The second kappa shape index (κ2) is 18.6. The van der Waals surface area contributed by atoms with Crippen molar-refractivity contribution in [3.8, 4) is 12.3 Å². The van der Waals surface area contributed by atoms with Crippen LogP contribution in [0.1, 0.15) is 117 Å². The Morgan fingerprint density at radius 1 is 0.615 bits per heavy atom. The fourth-order valence-electron chi connectivity index (χ4n) is 3.92. The monoisotopic (exact) mass is 476 g/mol. The molecule has 2 heteroatoms. The van der Waals surface area contributed by atoms with Crippen LogP contribution in [-0.4, -0.2) is 28.2 Å². The van der Waals surface area contributed by atoms with Gasteiger partial charge in [0.05, 0.1) is 19.6 Å². The molecule has 0 spiro atoms. The Bertz CT molecular complexity index is 298. The third-order valence-electron chi connectivity index (χ3n) is 5.74. The third-order valence-corrected chi connectivity index (χ3v) is 7.28. The molecule has 0 aliphatic carbocycles. The lowest BCUT2D eigenvalue weighted by atomic mass is 10.1. The number of rotatable bonds is 19. The molecule has 0 aromatic rings. The zero-order valence-corrected chi connectivity index (χ0v) is 20.4. The van der Waals surface area contributed by atoms with Crippen molar-refractivity contribution in [2.75, 3.05) is 19.6 Å². The van der Waals surface area contributed by atoms with E-state index in [1.165, 1.54) is 120 Å². The Kier molecular flexibility index (Phi) is 18.8. The third kappa shape index (κ3) is 12.6. The maximum Gasteiger partial charge on any atom is 0.200 e. The van der Waals surface area contributed by atoms with Gasteiger partial charge >= 0.3 is 0 Å². The molecular weight excluding hydrogens is 429 g/mol. The zero-order valence-electron chi connectivity index (χ0n) is 18.2. The summed E-state index contributed by atoms with van der Waals surface area (Å²) in [5, 5.41) is 0. The Labute approximate surface area is 179 Å². The van der Waals surface area contributed by atoms with Crippen LogP contribution in [-0.2, 0) is 0 Å². The lowest BCUT2D eigenvalue weighted by Gasteiger charge is -2.41. The molecular formula is C24H47IN+. The van der Waals surface area contributed by atoms with Gasteiger partial charge in [0, 0.05) is 22.6 Å². The summed E-state index contributed by atoms with van der Waals surface area (Å²) in [7, 11) is 0. The smallest absolute Gasteiger partial charge is 0.200 e. The van der Waals surface area contributed by atoms with Crippen LogP contribution in [0.25, 0.3) is 0 Å². The number of hydrogen-bond acceptors (Lipinski definition) is 0. The molecule has 0 aliphatic heterocycles. The van der Waals surface area contributed by atoms with Gasteiger partial charge in [-0.3, -0.25) is 0 Å². The molecule has 1 unspecified atom stereocenters. The van der Waals surface area contributed by atoms with Gasteiger partial charge in [-0.2, -0.15) is 0 Å². The highest BCUT2D eigenvalue weighted by Gasteiger charge is 2.32. The molecule has 0 rings (SSSR count). The Balaban J connectivity index is 4.68. The summed E-state index contributed by atoms with van der Waals surface area (Å²) in [6.07, 6.45) is 26.5. The van der Waals surface area contributed by atoms with Gasteiger partial charge in [0.15, 0.2) is 0 Å². The molecule has 0 bridgehead atoms. The van der Waals surface area contributed by atoms with Crippen LogP contribution in [0.15, 0.2) is 0 Å². The fraction of sp³-hybridized carbons (Fsp3) is 0.917. The van der Waals surface area contributed by atoms with Crippen LogP contribution >= 0.6 is 22.6 Å². The van der Waals surface area contributed by atoms with E-state index in [9.17, 15) is 0 Å². The number of nitrogens with zero attached hydrogens (tertiary/aromatic N) is 1. The standard InChI is InChI=1S/C24H47IN/c1-5-9-12-15-18-21-26(24(25)8-4,22-19-16-13-10-6-2)23-20-17-14-11-7-3/h4,24H,5-7,9-23H2,1-3H3/q+1. The Morgan fingerprint density at radius 2 is 0.923 bits per heavy atom. The van der Waals surface area contributed by atoms with E-state index in [2.05, 4.69) is 49.3 Å². The Morgan fingerprint density at radius 3 is 1.19 bits per heavy atom. The van der Waals surface area contributed by atoms with E-state index in [4.69, 9.17) is 6.42 Å². The predicted octanol–water partition coefficient (Wildman–Crippen LogP) is 8.11. The molecule has 1 nitrogen and oxygen atoms in total. The van der Waals surface area contributed by atoms with E-state index in [0.717, 1.165) is 0 Å². The minimum Gasteiger partial charge on any atom is -0.303 e. The van der Waals surface area contributed by atoms with Crippen molar-refractivity contribution in [3.05, 3.63) is 0 Å². The summed E-state index contributed by atoms with van der Waals surface area (Å²) in [6.45, 7) is 10.8. The van der Waals surface area contributed by atoms with Crippen LogP contribution in [0.2, 0.25) is 0 Å². The summed E-state index contributed by atoms with van der Waals surface area (Å²) in [6, 6.07) is 0. The molecule has 0 N–H and O–H groups in total. The summed E-state index contributed by atoms with van der Waals surface area (Å²) < 4.78 is 1.53. The van der Waals surface area contributed by atoms with E-state index in [-0.39, 0.29) is 0 Å². The molecule has 0 radical (unpaired) electrons. The van der Waals surface area contributed by atoms with E-state index < -0.39 is 0 Å². The number of hydrogen-bond donors (Lipinski definition) is 0. The average Bonchev–Trinajstić information content (AvgIpc) is 2.66. The largest absolute Gasteiger partial charge is 0.303 e. The van der Waals surface area contributed by atoms with Gasteiger partial charge in [-0.25, -0.2) is 0 Å². The minimum absolute atomic E-state index is 0.344. The van der Waals surface area contributed by atoms with Crippen molar-refractivity contribution >= 4 is 22.6 Å². The van der Waals surface area contributed by atoms with Crippen molar-refractivity contribution < 1.29 is 4.48 Å². The van der Waals surface area contributed by atoms with Crippen molar-refractivity contribution in [1.82, 2.24) is 0 Å². The van der Waals surface area contributed by atoms with Crippen molar-refractivity contribution in [3.63, 3.8) is 0 Å². The van der Waals surface area contributed by atoms with E-state index >= 15 is 0 Å². The van der Waals surface area contributed by atoms with Crippen LogP contribution in [0, 0.1) is 12.3 Å². The van der Waals surface area contributed by atoms with Gasteiger partial charge in [-0.15, -0.1) is 6.42 Å². The van der Waals surface area contributed by atoms with E-state index in [0.29, 0.717) is 4.05 Å². The first-order chi connectivity index (χ1) is 12.7. The number of halogens is 1. The van der Waals surface area contributed by atoms with Gasteiger partial charge in [0.25, 0.3) is 0 Å². The lowest BCUT2D eigenvalue weighted by molar-refractivity contribution is -0.927. The quantitative estimate of drug-likeness (QED) is 0.0441. The second-order valence-electron chi connectivity index (χ2n) is 8.13. The molecule has 0 aromatic carbocycles. The average molecular weight is 477 g/mol. The molecule has 0 saturated carbocycles. The van der Waals surface area contributed by atoms with Crippen molar-refractivity contribution in [2.24, 2.45) is 0 Å². The molecule has 0 saturated heterocycles.